The molecule has 0 saturated carbocycles. The van der Waals surface area contributed by atoms with Crippen LogP contribution >= 0.6 is 0 Å². The third-order valence-electron chi connectivity index (χ3n) is 4.03. The van der Waals surface area contributed by atoms with Crippen LogP contribution in [0, 0.1) is 11.8 Å². The molecule has 0 aromatic heterocycles. The predicted molar refractivity (Wildman–Crippen MR) is 84.5 cm³/mol. The van der Waals surface area contributed by atoms with Gasteiger partial charge in [-0.1, -0.05) is 44.2 Å². The summed E-state index contributed by atoms with van der Waals surface area (Å²) in [6, 6.07) is 9.69. The van der Waals surface area contributed by atoms with Crippen molar-refractivity contribution in [1.29, 1.82) is 0 Å². The minimum Gasteiger partial charge on any atom is -0.481 e. The number of hydrogen-bond donors (Lipinski definition) is 2. The van der Waals surface area contributed by atoms with Crippen molar-refractivity contribution < 1.29 is 14.7 Å². The lowest BCUT2D eigenvalue weighted by molar-refractivity contribution is -0.141. The summed E-state index contributed by atoms with van der Waals surface area (Å²) in [7, 11) is 0. The van der Waals surface area contributed by atoms with Gasteiger partial charge in [0, 0.05) is 13.1 Å². The number of hydrogen-bond acceptors (Lipinski definition) is 2. The van der Waals surface area contributed by atoms with E-state index in [1.165, 1.54) is 0 Å². The van der Waals surface area contributed by atoms with Gasteiger partial charge >= 0.3 is 12.0 Å². The monoisotopic (exact) mass is 304 g/mol. The molecular formula is C17H24N2O3. The fraction of sp³-hybridized carbons (Fsp3) is 0.529. The molecule has 0 radical (unpaired) electrons. The molecule has 2 atom stereocenters. The summed E-state index contributed by atoms with van der Waals surface area (Å²) < 4.78 is 0. The molecule has 120 valence electrons. The van der Waals surface area contributed by atoms with Gasteiger partial charge in [-0.2, -0.15) is 0 Å². The number of carbonyl (C=O) groups excluding carboxylic acids is 1. The van der Waals surface area contributed by atoms with E-state index in [4.69, 9.17) is 5.11 Å². The number of benzene rings is 1. The molecular weight excluding hydrogens is 280 g/mol. The van der Waals surface area contributed by atoms with Gasteiger partial charge in [-0.05, 0) is 24.3 Å². The normalized spacial score (nSPS) is 19.2. The van der Waals surface area contributed by atoms with E-state index < -0.39 is 11.9 Å². The van der Waals surface area contributed by atoms with E-state index in [0.717, 1.165) is 12.0 Å². The first-order chi connectivity index (χ1) is 10.5. The molecule has 1 aromatic rings. The molecule has 2 rings (SSSR count). The standard InChI is InChI=1S/C17H24N2O3/c1-12(2)10-15(13-6-4-3-5-7-13)18-17(22)19-9-8-14(11-19)16(20)21/h3-7,12,14-15H,8-11H2,1-2H3,(H,18,22)(H,20,21). The van der Waals surface area contributed by atoms with Crippen molar-refractivity contribution in [2.75, 3.05) is 13.1 Å². The third-order valence-corrected chi connectivity index (χ3v) is 4.03. The average Bonchev–Trinajstić information content (AvgIpc) is 2.97. The lowest BCUT2D eigenvalue weighted by Crippen LogP contribution is -2.41. The summed E-state index contributed by atoms with van der Waals surface area (Å²) in [6.07, 6.45) is 1.38. The topological polar surface area (TPSA) is 69.6 Å². The van der Waals surface area contributed by atoms with E-state index in [2.05, 4.69) is 19.2 Å². The van der Waals surface area contributed by atoms with Gasteiger partial charge in [0.25, 0.3) is 0 Å². The lowest BCUT2D eigenvalue weighted by Gasteiger charge is -2.25. The van der Waals surface area contributed by atoms with Crippen molar-refractivity contribution in [1.82, 2.24) is 10.2 Å². The van der Waals surface area contributed by atoms with Crippen LogP contribution in [0.5, 0.6) is 0 Å². The van der Waals surface area contributed by atoms with Gasteiger partial charge < -0.3 is 15.3 Å². The van der Waals surface area contributed by atoms with Crippen molar-refractivity contribution in [2.24, 2.45) is 11.8 Å². The first kappa shape index (κ1) is 16.3. The number of amides is 2. The molecule has 0 spiro atoms. The first-order valence-electron chi connectivity index (χ1n) is 7.80. The van der Waals surface area contributed by atoms with Gasteiger partial charge in [0.15, 0.2) is 0 Å². The van der Waals surface area contributed by atoms with Crippen LogP contribution < -0.4 is 5.32 Å². The van der Waals surface area contributed by atoms with E-state index in [-0.39, 0.29) is 12.1 Å². The summed E-state index contributed by atoms with van der Waals surface area (Å²) in [5, 5.41) is 12.1. The molecule has 0 aliphatic carbocycles. The highest BCUT2D eigenvalue weighted by atomic mass is 16.4. The van der Waals surface area contributed by atoms with Crippen LogP contribution in [0.25, 0.3) is 0 Å². The Morgan fingerprint density at radius 3 is 2.55 bits per heavy atom. The fourth-order valence-corrected chi connectivity index (χ4v) is 2.82. The van der Waals surface area contributed by atoms with Gasteiger partial charge in [0.05, 0.1) is 12.0 Å². The number of rotatable bonds is 5. The number of nitrogens with zero attached hydrogens (tertiary/aromatic N) is 1. The molecule has 5 heteroatoms. The third kappa shape index (κ3) is 4.23. The Morgan fingerprint density at radius 2 is 2.00 bits per heavy atom. The molecule has 2 unspecified atom stereocenters. The highest BCUT2D eigenvalue weighted by molar-refractivity contribution is 5.77. The molecule has 1 aliphatic heterocycles. The van der Waals surface area contributed by atoms with Gasteiger partial charge in [0.2, 0.25) is 0 Å². The minimum atomic E-state index is -0.822. The second-order valence-electron chi connectivity index (χ2n) is 6.31. The number of urea groups is 1. The molecule has 5 nitrogen and oxygen atoms in total. The zero-order valence-corrected chi connectivity index (χ0v) is 13.2. The highest BCUT2D eigenvalue weighted by Gasteiger charge is 2.31. The van der Waals surface area contributed by atoms with Crippen LogP contribution in [0.4, 0.5) is 4.79 Å². The Bertz CT molecular complexity index is 516. The Labute approximate surface area is 131 Å². The second-order valence-corrected chi connectivity index (χ2v) is 6.31. The molecule has 2 N–H and O–H groups in total. The van der Waals surface area contributed by atoms with Crippen LogP contribution in [0.15, 0.2) is 30.3 Å². The maximum Gasteiger partial charge on any atom is 0.317 e. The van der Waals surface area contributed by atoms with Crippen molar-refractivity contribution in [3.05, 3.63) is 35.9 Å². The van der Waals surface area contributed by atoms with E-state index in [1.807, 2.05) is 30.3 Å². The van der Waals surface area contributed by atoms with Crippen LogP contribution in [0.1, 0.15) is 38.3 Å². The number of nitrogens with one attached hydrogen (secondary N) is 1. The number of aliphatic carboxylic acids is 1. The largest absolute Gasteiger partial charge is 0.481 e. The first-order valence-corrected chi connectivity index (χ1v) is 7.80. The number of carboxylic acids is 1. The Balaban J connectivity index is 2.01. The number of carboxylic acid groups (broad SMARTS) is 1. The predicted octanol–water partition coefficient (Wildman–Crippen LogP) is 2.89. The van der Waals surface area contributed by atoms with Crippen LogP contribution in [-0.4, -0.2) is 35.1 Å². The quantitative estimate of drug-likeness (QED) is 0.878. The number of carbonyl (C=O) groups is 2. The van der Waals surface area contributed by atoms with Crippen LogP contribution in [0.3, 0.4) is 0 Å². The molecule has 1 aromatic carbocycles. The summed E-state index contributed by atoms with van der Waals surface area (Å²) in [5.41, 5.74) is 1.08. The summed E-state index contributed by atoms with van der Waals surface area (Å²) in [5.74, 6) is -0.807. The zero-order chi connectivity index (χ0) is 16.1. The summed E-state index contributed by atoms with van der Waals surface area (Å²) in [6.45, 7) is 5.05. The fourth-order valence-electron chi connectivity index (χ4n) is 2.82. The van der Waals surface area contributed by atoms with Gasteiger partial charge in [0.1, 0.15) is 0 Å². The van der Waals surface area contributed by atoms with Crippen molar-refractivity contribution in [2.45, 2.75) is 32.7 Å². The molecule has 1 saturated heterocycles. The van der Waals surface area contributed by atoms with E-state index in [1.54, 1.807) is 4.90 Å². The Hall–Kier alpha value is -2.04. The molecule has 1 heterocycles. The van der Waals surface area contributed by atoms with Crippen molar-refractivity contribution in [3.63, 3.8) is 0 Å². The summed E-state index contributed by atoms with van der Waals surface area (Å²) >= 11 is 0. The maximum atomic E-state index is 12.4. The smallest absolute Gasteiger partial charge is 0.317 e. The molecule has 2 amide bonds. The van der Waals surface area contributed by atoms with E-state index >= 15 is 0 Å². The van der Waals surface area contributed by atoms with Gasteiger partial charge in [-0.3, -0.25) is 4.79 Å². The zero-order valence-electron chi connectivity index (χ0n) is 13.2. The van der Waals surface area contributed by atoms with Crippen molar-refractivity contribution >= 4 is 12.0 Å². The maximum absolute atomic E-state index is 12.4. The molecule has 0 bridgehead atoms. The van der Waals surface area contributed by atoms with E-state index in [9.17, 15) is 9.59 Å². The van der Waals surface area contributed by atoms with E-state index in [0.29, 0.717) is 25.4 Å². The molecule has 1 fully saturated rings. The molecule has 1 aliphatic rings. The van der Waals surface area contributed by atoms with Crippen molar-refractivity contribution in [3.8, 4) is 0 Å². The van der Waals surface area contributed by atoms with Gasteiger partial charge in [-0.15, -0.1) is 0 Å². The highest BCUT2D eigenvalue weighted by Crippen LogP contribution is 2.23. The van der Waals surface area contributed by atoms with Crippen LogP contribution in [0.2, 0.25) is 0 Å². The summed E-state index contributed by atoms with van der Waals surface area (Å²) in [4.78, 5) is 25.0. The van der Waals surface area contributed by atoms with Gasteiger partial charge in [-0.25, -0.2) is 4.79 Å². The Kier molecular flexibility index (Phi) is 5.41. The average molecular weight is 304 g/mol. The Morgan fingerprint density at radius 1 is 1.32 bits per heavy atom. The minimum absolute atomic E-state index is 0.0439. The lowest BCUT2D eigenvalue weighted by atomic mass is 9.97. The van der Waals surface area contributed by atoms with Crippen LogP contribution in [-0.2, 0) is 4.79 Å². The molecule has 22 heavy (non-hydrogen) atoms. The second kappa shape index (κ2) is 7.29. The number of likely N-dealkylation sites (tertiary alicyclic amines) is 1. The SMILES string of the molecule is CC(C)CC(NC(=O)N1CCC(C(=O)O)C1)c1ccccc1.